The summed E-state index contributed by atoms with van der Waals surface area (Å²) in [6.45, 7) is 3.26. The third-order valence-corrected chi connectivity index (χ3v) is 3.18. The van der Waals surface area contributed by atoms with E-state index in [0.717, 1.165) is 11.9 Å². The highest BCUT2D eigenvalue weighted by molar-refractivity contribution is 5.84. The van der Waals surface area contributed by atoms with Crippen molar-refractivity contribution in [2.75, 3.05) is 7.05 Å². The van der Waals surface area contributed by atoms with Crippen LogP contribution in [0.1, 0.15) is 17.3 Å². The quantitative estimate of drug-likeness (QED) is 0.728. The van der Waals surface area contributed by atoms with E-state index in [2.05, 4.69) is 44.3 Å². The largest absolute Gasteiger partial charge is 0.424 e. The number of hydrogen-bond donors (Lipinski definition) is 0. The van der Waals surface area contributed by atoms with E-state index in [1.165, 1.54) is 10.9 Å². The molecule has 5 heteroatoms. The maximum Gasteiger partial charge on any atom is 0.230 e. The molecule has 2 aromatic heterocycles. The Bertz CT molecular complexity index is 717. The Labute approximate surface area is 117 Å². The normalized spacial score (nSPS) is 11.3. The summed E-state index contributed by atoms with van der Waals surface area (Å²) in [5.74, 6) is 1.25. The summed E-state index contributed by atoms with van der Waals surface area (Å²) in [4.78, 5) is 6.31. The van der Waals surface area contributed by atoms with E-state index in [0.29, 0.717) is 18.3 Å². The maximum atomic E-state index is 5.41. The third kappa shape index (κ3) is 2.67. The van der Waals surface area contributed by atoms with E-state index in [4.69, 9.17) is 4.42 Å². The van der Waals surface area contributed by atoms with E-state index >= 15 is 0 Å². The number of benzene rings is 1. The standard InChI is InChI=1S/C15H16N4O/c1-11-17-18-15(20-11)10-19(2)9-13-5-3-4-12-8-16-7-6-14(12)13/h3-8H,9-10H2,1-2H3. The molecule has 3 rings (SSSR count). The molecule has 0 bridgehead atoms. The Balaban J connectivity index is 1.79. The van der Waals surface area contributed by atoms with Crippen molar-refractivity contribution in [3.63, 3.8) is 0 Å². The molecule has 0 saturated carbocycles. The molecule has 0 aliphatic rings. The van der Waals surface area contributed by atoms with Gasteiger partial charge in [-0.3, -0.25) is 9.88 Å². The Hall–Kier alpha value is -2.27. The monoisotopic (exact) mass is 268 g/mol. The second kappa shape index (κ2) is 5.38. The Kier molecular flexibility index (Phi) is 3.43. The first-order valence-corrected chi connectivity index (χ1v) is 6.51. The minimum absolute atomic E-state index is 0.602. The van der Waals surface area contributed by atoms with Gasteiger partial charge in [0, 0.05) is 31.2 Å². The van der Waals surface area contributed by atoms with Crippen LogP contribution in [0.5, 0.6) is 0 Å². The van der Waals surface area contributed by atoms with E-state index in [9.17, 15) is 0 Å². The van der Waals surface area contributed by atoms with Crippen molar-refractivity contribution >= 4 is 10.8 Å². The topological polar surface area (TPSA) is 55.1 Å². The van der Waals surface area contributed by atoms with E-state index in [1.54, 1.807) is 6.92 Å². The number of rotatable bonds is 4. The van der Waals surface area contributed by atoms with Gasteiger partial charge in [0.15, 0.2) is 0 Å². The lowest BCUT2D eigenvalue weighted by atomic mass is 10.1. The molecule has 2 heterocycles. The zero-order valence-corrected chi connectivity index (χ0v) is 11.6. The molecule has 1 aromatic carbocycles. The first kappa shape index (κ1) is 12.7. The van der Waals surface area contributed by atoms with Crippen molar-refractivity contribution in [1.29, 1.82) is 0 Å². The van der Waals surface area contributed by atoms with Crippen LogP contribution in [0.2, 0.25) is 0 Å². The molecule has 0 N–H and O–H groups in total. The Morgan fingerprint density at radius 2 is 2.05 bits per heavy atom. The predicted molar refractivity (Wildman–Crippen MR) is 75.9 cm³/mol. The van der Waals surface area contributed by atoms with Crippen LogP contribution in [-0.4, -0.2) is 27.1 Å². The highest BCUT2D eigenvalue weighted by Crippen LogP contribution is 2.19. The minimum Gasteiger partial charge on any atom is -0.424 e. The maximum absolute atomic E-state index is 5.41. The van der Waals surface area contributed by atoms with Gasteiger partial charge in [-0.15, -0.1) is 10.2 Å². The van der Waals surface area contributed by atoms with Gasteiger partial charge in [0.2, 0.25) is 11.8 Å². The number of nitrogens with zero attached hydrogens (tertiary/aromatic N) is 4. The van der Waals surface area contributed by atoms with Crippen molar-refractivity contribution in [3.05, 3.63) is 54.0 Å². The molecule has 0 radical (unpaired) electrons. The Morgan fingerprint density at radius 3 is 2.85 bits per heavy atom. The summed E-state index contributed by atoms with van der Waals surface area (Å²) in [7, 11) is 2.04. The van der Waals surface area contributed by atoms with Gasteiger partial charge in [-0.1, -0.05) is 18.2 Å². The summed E-state index contributed by atoms with van der Waals surface area (Å²) >= 11 is 0. The van der Waals surface area contributed by atoms with Gasteiger partial charge < -0.3 is 4.42 Å². The minimum atomic E-state index is 0.602. The smallest absolute Gasteiger partial charge is 0.230 e. The zero-order valence-electron chi connectivity index (χ0n) is 11.6. The van der Waals surface area contributed by atoms with Crippen molar-refractivity contribution in [3.8, 4) is 0 Å². The first-order chi connectivity index (χ1) is 9.72. The number of aromatic nitrogens is 3. The molecule has 3 aromatic rings. The van der Waals surface area contributed by atoms with E-state index < -0.39 is 0 Å². The van der Waals surface area contributed by atoms with Crippen molar-refractivity contribution in [2.24, 2.45) is 0 Å². The van der Waals surface area contributed by atoms with Gasteiger partial charge in [0.05, 0.1) is 6.54 Å². The highest BCUT2D eigenvalue weighted by atomic mass is 16.4. The van der Waals surface area contributed by atoms with Crippen LogP contribution in [0.3, 0.4) is 0 Å². The van der Waals surface area contributed by atoms with Crippen LogP contribution in [0.25, 0.3) is 10.8 Å². The third-order valence-electron chi connectivity index (χ3n) is 3.18. The predicted octanol–water partition coefficient (Wildman–Crippen LogP) is 2.56. The summed E-state index contributed by atoms with van der Waals surface area (Å²) in [5.41, 5.74) is 1.27. The van der Waals surface area contributed by atoms with Crippen molar-refractivity contribution in [1.82, 2.24) is 20.1 Å². The second-order valence-electron chi connectivity index (χ2n) is 4.90. The van der Waals surface area contributed by atoms with Gasteiger partial charge in [0.25, 0.3) is 0 Å². The molecule has 0 amide bonds. The second-order valence-corrected chi connectivity index (χ2v) is 4.90. The molecule has 5 nitrogen and oxygen atoms in total. The number of pyridine rings is 1. The molecule has 0 spiro atoms. The molecule has 0 aliphatic heterocycles. The van der Waals surface area contributed by atoms with Crippen LogP contribution < -0.4 is 0 Å². The number of aryl methyl sites for hydroxylation is 1. The molecule has 102 valence electrons. The van der Waals surface area contributed by atoms with Gasteiger partial charge in [-0.25, -0.2) is 0 Å². The summed E-state index contributed by atoms with van der Waals surface area (Å²) in [6.07, 6.45) is 3.72. The van der Waals surface area contributed by atoms with Gasteiger partial charge in [-0.2, -0.15) is 0 Å². The average Bonchev–Trinajstić information content (AvgIpc) is 2.84. The Morgan fingerprint density at radius 1 is 1.15 bits per heavy atom. The molecule has 0 saturated heterocycles. The fourth-order valence-electron chi connectivity index (χ4n) is 2.31. The average molecular weight is 268 g/mol. The lowest BCUT2D eigenvalue weighted by molar-refractivity contribution is 0.279. The van der Waals surface area contributed by atoms with Gasteiger partial charge in [-0.05, 0) is 24.1 Å². The first-order valence-electron chi connectivity index (χ1n) is 6.51. The summed E-state index contributed by atoms with van der Waals surface area (Å²) in [6, 6.07) is 8.32. The highest BCUT2D eigenvalue weighted by Gasteiger charge is 2.09. The summed E-state index contributed by atoms with van der Waals surface area (Å²) < 4.78 is 5.41. The van der Waals surface area contributed by atoms with Crippen LogP contribution in [0, 0.1) is 6.92 Å². The van der Waals surface area contributed by atoms with Crippen LogP contribution in [0.4, 0.5) is 0 Å². The molecule has 0 unspecified atom stereocenters. The fourth-order valence-corrected chi connectivity index (χ4v) is 2.31. The number of hydrogen-bond acceptors (Lipinski definition) is 5. The van der Waals surface area contributed by atoms with Crippen LogP contribution >= 0.6 is 0 Å². The molecule has 20 heavy (non-hydrogen) atoms. The fraction of sp³-hybridized carbons (Fsp3) is 0.267. The van der Waals surface area contributed by atoms with Crippen molar-refractivity contribution < 1.29 is 4.42 Å². The SMILES string of the molecule is Cc1nnc(CN(C)Cc2cccc3cnccc23)o1. The van der Waals surface area contributed by atoms with Gasteiger partial charge >= 0.3 is 0 Å². The molecular formula is C15H16N4O. The van der Waals surface area contributed by atoms with Gasteiger partial charge in [0.1, 0.15) is 0 Å². The zero-order chi connectivity index (χ0) is 13.9. The number of fused-ring (bicyclic) bond motifs is 1. The summed E-state index contributed by atoms with van der Waals surface area (Å²) in [5, 5.41) is 10.3. The molecule has 0 fully saturated rings. The van der Waals surface area contributed by atoms with Crippen molar-refractivity contribution in [2.45, 2.75) is 20.0 Å². The van der Waals surface area contributed by atoms with Crippen LogP contribution in [0.15, 0.2) is 41.1 Å². The van der Waals surface area contributed by atoms with Crippen LogP contribution in [-0.2, 0) is 13.1 Å². The van der Waals surface area contributed by atoms with E-state index in [1.807, 2.05) is 19.4 Å². The lowest BCUT2D eigenvalue weighted by Gasteiger charge is -2.15. The van der Waals surface area contributed by atoms with E-state index in [-0.39, 0.29) is 0 Å². The lowest BCUT2D eigenvalue weighted by Crippen LogP contribution is -2.17. The molecular weight excluding hydrogens is 252 g/mol. The molecule has 0 atom stereocenters. The molecule has 0 aliphatic carbocycles.